The minimum absolute atomic E-state index is 0.0738. The number of halogens is 3. The fourth-order valence-corrected chi connectivity index (χ4v) is 4.85. The van der Waals surface area contributed by atoms with Crippen molar-refractivity contribution in [2.24, 2.45) is 0 Å². The fraction of sp³-hybridized carbons (Fsp3) is 0.806. The van der Waals surface area contributed by atoms with E-state index >= 15 is 0 Å². The molecule has 1 aliphatic rings. The highest BCUT2D eigenvalue weighted by Crippen LogP contribution is 2.36. The van der Waals surface area contributed by atoms with Gasteiger partial charge in [-0.3, -0.25) is 4.79 Å². The van der Waals surface area contributed by atoms with Crippen molar-refractivity contribution in [3.8, 4) is 0 Å². The number of amides is 1. The van der Waals surface area contributed by atoms with Crippen LogP contribution in [0, 0.1) is 0 Å². The van der Waals surface area contributed by atoms with Gasteiger partial charge in [0.25, 0.3) is 9.70 Å². The molecule has 0 aromatic carbocycles. The number of methoxy groups -OCH3 is 3. The number of hydrogen-bond donors (Lipinski definition) is 1. The van der Waals surface area contributed by atoms with Gasteiger partial charge in [0.2, 0.25) is 0 Å². The second kappa shape index (κ2) is 21.8. The summed E-state index contributed by atoms with van der Waals surface area (Å²) >= 11 is 17.5. The maximum atomic E-state index is 13.2. The first-order valence-corrected chi connectivity index (χ1v) is 16.3. The van der Waals surface area contributed by atoms with Gasteiger partial charge in [0.05, 0.1) is 25.9 Å². The number of carbonyl (C=O) groups excluding carboxylic acids is 2. The Labute approximate surface area is 278 Å². The van der Waals surface area contributed by atoms with E-state index in [1.54, 1.807) is 21.0 Å². The maximum absolute atomic E-state index is 13.2. The number of rotatable bonds is 22. The molecule has 0 bridgehead atoms. The topological polar surface area (TPSA) is 111 Å². The van der Waals surface area contributed by atoms with Crippen LogP contribution in [0.25, 0.3) is 0 Å². The molecule has 1 fully saturated rings. The molecule has 1 saturated heterocycles. The monoisotopic (exact) mass is 687 g/mol. The van der Waals surface area contributed by atoms with Crippen LogP contribution < -0.4 is 5.32 Å². The molecule has 256 valence electrons. The van der Waals surface area contributed by atoms with Crippen LogP contribution in [0.15, 0.2) is 24.3 Å². The van der Waals surface area contributed by atoms with Crippen molar-refractivity contribution in [3.63, 3.8) is 0 Å². The number of ether oxygens (including phenoxy) is 7. The Kier molecular flexibility index (Phi) is 20.3. The molecule has 1 aliphatic heterocycles. The summed E-state index contributed by atoms with van der Waals surface area (Å²) in [6, 6.07) is 0. The number of unbranched alkanes of at least 4 members (excludes halogenated alkanes) is 6. The fourth-order valence-electron chi connectivity index (χ4n) is 4.71. The van der Waals surface area contributed by atoms with Gasteiger partial charge in [0.1, 0.15) is 19.7 Å². The quantitative estimate of drug-likeness (QED) is 0.0445. The molecule has 0 aliphatic carbocycles. The molecule has 10 nitrogen and oxygen atoms in total. The zero-order valence-electron chi connectivity index (χ0n) is 27.0. The van der Waals surface area contributed by atoms with E-state index < -0.39 is 39.2 Å². The Balaban J connectivity index is 2.86. The smallest absolute Gasteiger partial charge is 0.336 e. The molecule has 1 amide bonds. The van der Waals surface area contributed by atoms with E-state index in [-0.39, 0.29) is 19.5 Å². The number of hydrogen-bond acceptors (Lipinski definition) is 9. The van der Waals surface area contributed by atoms with Gasteiger partial charge in [0.15, 0.2) is 11.3 Å². The molecule has 13 heteroatoms. The van der Waals surface area contributed by atoms with Crippen LogP contribution in [-0.2, 0) is 42.7 Å². The van der Waals surface area contributed by atoms with E-state index in [0.717, 1.165) is 38.5 Å². The Hall–Kier alpha value is -0.950. The molecule has 4 atom stereocenters. The van der Waals surface area contributed by atoms with Crippen LogP contribution in [-0.4, -0.2) is 86.8 Å². The summed E-state index contributed by atoms with van der Waals surface area (Å²) in [5.74, 6) is -2.98. The Morgan fingerprint density at radius 2 is 1.61 bits per heavy atom. The highest BCUT2D eigenvalue weighted by Gasteiger charge is 2.59. The average Bonchev–Trinajstić information content (AvgIpc) is 2.98. The second-order valence-electron chi connectivity index (χ2n) is 11.1. The van der Waals surface area contributed by atoms with Gasteiger partial charge in [-0.2, -0.15) is 0 Å². The zero-order chi connectivity index (χ0) is 33.1. The summed E-state index contributed by atoms with van der Waals surface area (Å²) in [5, 5.41) is 2.51. The summed E-state index contributed by atoms with van der Waals surface area (Å²) in [4.78, 5) is 25.9. The largest absolute Gasteiger partial charge is 0.467 e. The van der Waals surface area contributed by atoms with E-state index in [1.807, 2.05) is 6.08 Å². The standard InChI is InChI=1S/C31H52Cl3NO9/c1-7-8-9-15-18-24(41-22-38-4)19-16-13-11-10-12-14-17-20-25(42-23-39-5)26-30(28(37)40-6,21-43-29(2,3)44-26)35-27(36)31(32,33)34/h14,16-17,19,24-26H,7-13,15,18,20-23H2,1-6H3,(H,35,36)/b17-14+,19-16+/t24-,25-,26-,30+/m1/s1. The number of alkyl halides is 3. The average molecular weight is 689 g/mol. The summed E-state index contributed by atoms with van der Waals surface area (Å²) in [6.07, 6.45) is 16.5. The van der Waals surface area contributed by atoms with E-state index in [0.29, 0.717) is 13.2 Å². The van der Waals surface area contributed by atoms with E-state index in [4.69, 9.17) is 68.0 Å². The van der Waals surface area contributed by atoms with E-state index in [1.165, 1.54) is 33.5 Å². The Morgan fingerprint density at radius 3 is 2.23 bits per heavy atom. The molecule has 44 heavy (non-hydrogen) atoms. The number of allylic oxidation sites excluding steroid dienone is 2. The highest BCUT2D eigenvalue weighted by molar-refractivity contribution is 6.76. The predicted molar refractivity (Wildman–Crippen MR) is 172 cm³/mol. The molecule has 1 rings (SSSR count). The van der Waals surface area contributed by atoms with Crippen molar-refractivity contribution >= 4 is 46.7 Å². The molecule has 0 aromatic heterocycles. The van der Waals surface area contributed by atoms with Crippen LogP contribution in [0.4, 0.5) is 0 Å². The first kappa shape index (κ1) is 41.1. The lowest BCUT2D eigenvalue weighted by atomic mass is 9.86. The van der Waals surface area contributed by atoms with Crippen molar-refractivity contribution in [2.45, 2.75) is 118 Å². The van der Waals surface area contributed by atoms with Gasteiger partial charge in [0, 0.05) is 14.2 Å². The van der Waals surface area contributed by atoms with Crippen molar-refractivity contribution in [1.82, 2.24) is 5.32 Å². The summed E-state index contributed by atoms with van der Waals surface area (Å²) < 4.78 is 36.6. The van der Waals surface area contributed by atoms with Crippen LogP contribution in [0.2, 0.25) is 0 Å². The van der Waals surface area contributed by atoms with Gasteiger partial charge in [-0.1, -0.05) is 91.7 Å². The van der Waals surface area contributed by atoms with Gasteiger partial charge in [-0.25, -0.2) is 4.79 Å². The predicted octanol–water partition coefficient (Wildman–Crippen LogP) is 6.55. The molecule has 1 N–H and O–H groups in total. The molecule has 0 saturated carbocycles. The third-order valence-corrected chi connectivity index (χ3v) is 7.56. The molecule has 0 unspecified atom stereocenters. The van der Waals surface area contributed by atoms with Crippen molar-refractivity contribution in [2.75, 3.05) is 41.5 Å². The van der Waals surface area contributed by atoms with Gasteiger partial charge in [-0.05, 0) is 52.4 Å². The lowest BCUT2D eigenvalue weighted by molar-refractivity contribution is -0.320. The maximum Gasteiger partial charge on any atom is 0.336 e. The number of nitrogens with one attached hydrogen (secondary N) is 1. The summed E-state index contributed by atoms with van der Waals surface area (Å²) in [6.45, 7) is 5.48. The Bertz CT molecular complexity index is 882. The molecule has 1 heterocycles. The van der Waals surface area contributed by atoms with Gasteiger partial charge < -0.3 is 38.5 Å². The SMILES string of the molecule is CCCCCC[C@H](/C=C/CCCC/C=C/C[C@@H](OCOC)[C@H]1OC(C)(C)OC[C@@]1(NC(=O)C(Cl)(Cl)Cl)C(=O)OC)OCOC. The van der Waals surface area contributed by atoms with Crippen LogP contribution in [0.5, 0.6) is 0 Å². The van der Waals surface area contributed by atoms with Crippen LogP contribution in [0.1, 0.15) is 85.0 Å². The zero-order valence-corrected chi connectivity index (χ0v) is 29.3. The molecular weight excluding hydrogens is 637 g/mol. The van der Waals surface area contributed by atoms with Crippen molar-refractivity contribution in [1.29, 1.82) is 0 Å². The van der Waals surface area contributed by atoms with E-state index in [2.05, 4.69) is 30.5 Å². The molecular formula is C31H52Cl3NO9. The van der Waals surface area contributed by atoms with Crippen molar-refractivity contribution < 1.29 is 42.7 Å². The molecule has 0 spiro atoms. The first-order chi connectivity index (χ1) is 20.9. The lowest BCUT2D eigenvalue weighted by Crippen LogP contribution is -2.74. The highest BCUT2D eigenvalue weighted by atomic mass is 35.6. The minimum atomic E-state index is -2.34. The normalized spacial score (nSPS) is 21.9. The Morgan fingerprint density at radius 1 is 0.955 bits per heavy atom. The summed E-state index contributed by atoms with van der Waals surface area (Å²) in [7, 11) is 4.30. The number of carbonyl (C=O) groups is 2. The van der Waals surface area contributed by atoms with Crippen LogP contribution >= 0.6 is 34.8 Å². The van der Waals surface area contributed by atoms with Crippen molar-refractivity contribution in [3.05, 3.63) is 24.3 Å². The second-order valence-corrected chi connectivity index (χ2v) is 13.4. The molecule has 0 radical (unpaired) electrons. The lowest BCUT2D eigenvalue weighted by Gasteiger charge is -2.49. The van der Waals surface area contributed by atoms with Crippen LogP contribution in [0.3, 0.4) is 0 Å². The number of esters is 1. The summed E-state index contributed by atoms with van der Waals surface area (Å²) in [5.41, 5.74) is -1.86. The minimum Gasteiger partial charge on any atom is -0.467 e. The van der Waals surface area contributed by atoms with E-state index in [9.17, 15) is 9.59 Å². The third-order valence-electron chi connectivity index (χ3n) is 7.04. The van der Waals surface area contributed by atoms with Gasteiger partial charge in [-0.15, -0.1) is 0 Å². The molecule has 0 aromatic rings. The third kappa shape index (κ3) is 15.1. The van der Waals surface area contributed by atoms with Gasteiger partial charge >= 0.3 is 5.97 Å². The first-order valence-electron chi connectivity index (χ1n) is 15.2.